The highest BCUT2D eigenvalue weighted by atomic mass is 32.1. The van der Waals surface area contributed by atoms with E-state index in [-0.39, 0.29) is 13.0 Å². The van der Waals surface area contributed by atoms with Gasteiger partial charge in [0.1, 0.15) is 17.1 Å². The summed E-state index contributed by atoms with van der Waals surface area (Å²) in [5.74, 6) is 0.532. The van der Waals surface area contributed by atoms with Crippen molar-refractivity contribution in [2.24, 2.45) is 5.73 Å². The van der Waals surface area contributed by atoms with Crippen molar-refractivity contribution in [3.05, 3.63) is 64.3 Å². The second kappa shape index (κ2) is 8.99. The standard InChI is InChI=1S/C22H19N3O5S/c1-28-18-5-3-2-4-16(18)24-22-25-17(12-31-22)15-10-13-6-7-14(29-20(26)8-9-23)11-19(13)30-21(15)27/h2-7,10-12H,8-9,23H2,1H3,(H,24,25). The number of para-hydroxylation sites is 2. The molecule has 9 heteroatoms. The number of anilines is 2. The van der Waals surface area contributed by atoms with Gasteiger partial charge in [0.2, 0.25) is 0 Å². The fourth-order valence-corrected chi connectivity index (χ4v) is 3.67. The first-order valence-electron chi connectivity index (χ1n) is 9.42. The van der Waals surface area contributed by atoms with Crippen LogP contribution in [0.15, 0.2) is 63.1 Å². The van der Waals surface area contributed by atoms with Gasteiger partial charge < -0.3 is 24.9 Å². The zero-order chi connectivity index (χ0) is 21.8. The molecule has 0 amide bonds. The third-order valence-electron chi connectivity index (χ3n) is 4.42. The van der Waals surface area contributed by atoms with Gasteiger partial charge >= 0.3 is 11.6 Å². The predicted octanol–water partition coefficient (Wildman–Crippen LogP) is 3.92. The van der Waals surface area contributed by atoms with Crippen LogP contribution in [0.5, 0.6) is 11.5 Å². The molecule has 0 aliphatic heterocycles. The van der Waals surface area contributed by atoms with Crippen LogP contribution in [0.3, 0.4) is 0 Å². The molecule has 0 atom stereocenters. The van der Waals surface area contributed by atoms with E-state index in [1.807, 2.05) is 24.3 Å². The van der Waals surface area contributed by atoms with Gasteiger partial charge in [0.25, 0.3) is 0 Å². The predicted molar refractivity (Wildman–Crippen MR) is 119 cm³/mol. The fraction of sp³-hybridized carbons (Fsp3) is 0.136. The number of hydrogen-bond donors (Lipinski definition) is 2. The summed E-state index contributed by atoms with van der Waals surface area (Å²) in [5, 5.41) is 6.27. The summed E-state index contributed by atoms with van der Waals surface area (Å²) < 4.78 is 16.0. The van der Waals surface area contributed by atoms with Crippen LogP contribution in [-0.4, -0.2) is 24.6 Å². The highest BCUT2D eigenvalue weighted by Crippen LogP contribution is 2.31. The Balaban J connectivity index is 1.60. The van der Waals surface area contributed by atoms with Gasteiger partial charge in [0.15, 0.2) is 5.13 Å². The Labute approximate surface area is 181 Å². The summed E-state index contributed by atoms with van der Waals surface area (Å²) in [5.41, 5.74) is 6.73. The lowest BCUT2D eigenvalue weighted by Crippen LogP contribution is -2.13. The van der Waals surface area contributed by atoms with Crippen molar-refractivity contribution < 1.29 is 18.7 Å². The molecular weight excluding hydrogens is 418 g/mol. The minimum Gasteiger partial charge on any atom is -0.495 e. The number of aromatic nitrogens is 1. The average molecular weight is 437 g/mol. The van der Waals surface area contributed by atoms with Crippen LogP contribution < -0.4 is 26.1 Å². The maximum Gasteiger partial charge on any atom is 0.345 e. The summed E-state index contributed by atoms with van der Waals surface area (Å²) in [6, 6.07) is 14.0. The molecule has 4 rings (SSSR count). The molecule has 0 saturated carbocycles. The second-order valence-corrected chi connectivity index (χ2v) is 7.38. The van der Waals surface area contributed by atoms with Crippen LogP contribution in [0.4, 0.5) is 10.8 Å². The number of rotatable bonds is 7. The SMILES string of the molecule is COc1ccccc1Nc1nc(-c2cc3ccc(OC(=O)CCN)cc3oc2=O)cs1. The first-order valence-corrected chi connectivity index (χ1v) is 10.3. The summed E-state index contributed by atoms with van der Waals surface area (Å²) in [6.45, 7) is 0.201. The summed E-state index contributed by atoms with van der Waals surface area (Å²) in [4.78, 5) is 28.7. The monoisotopic (exact) mass is 437 g/mol. The number of esters is 1. The number of nitrogens with two attached hydrogens (primary N) is 1. The molecular formula is C22H19N3O5S. The molecule has 0 aliphatic carbocycles. The fourth-order valence-electron chi connectivity index (χ4n) is 2.95. The van der Waals surface area contributed by atoms with Crippen molar-refractivity contribution in [1.29, 1.82) is 0 Å². The maximum absolute atomic E-state index is 12.6. The molecule has 158 valence electrons. The number of carbonyl (C=O) groups excluding carboxylic acids is 1. The van der Waals surface area contributed by atoms with Gasteiger partial charge in [0, 0.05) is 23.4 Å². The Morgan fingerprint density at radius 2 is 2.06 bits per heavy atom. The minimum absolute atomic E-state index is 0.107. The number of carbonyl (C=O) groups is 1. The smallest absolute Gasteiger partial charge is 0.345 e. The lowest BCUT2D eigenvalue weighted by molar-refractivity contribution is -0.134. The van der Waals surface area contributed by atoms with Gasteiger partial charge in [0.05, 0.1) is 30.5 Å². The molecule has 3 N–H and O–H groups in total. The Kier molecular flexibility index (Phi) is 5.96. The third kappa shape index (κ3) is 4.57. The Morgan fingerprint density at radius 3 is 2.87 bits per heavy atom. The molecule has 31 heavy (non-hydrogen) atoms. The molecule has 2 aromatic carbocycles. The van der Waals surface area contributed by atoms with Crippen molar-refractivity contribution in [1.82, 2.24) is 4.98 Å². The van der Waals surface area contributed by atoms with E-state index in [2.05, 4.69) is 10.3 Å². The van der Waals surface area contributed by atoms with E-state index in [0.29, 0.717) is 38.9 Å². The van der Waals surface area contributed by atoms with E-state index >= 15 is 0 Å². The zero-order valence-electron chi connectivity index (χ0n) is 16.6. The quantitative estimate of drug-likeness (QED) is 0.254. The van der Waals surface area contributed by atoms with E-state index in [9.17, 15) is 9.59 Å². The van der Waals surface area contributed by atoms with Crippen molar-refractivity contribution in [2.75, 3.05) is 19.0 Å². The van der Waals surface area contributed by atoms with E-state index < -0.39 is 11.6 Å². The highest BCUT2D eigenvalue weighted by Gasteiger charge is 2.14. The molecule has 4 aromatic rings. The van der Waals surface area contributed by atoms with Gasteiger partial charge in [-0.3, -0.25) is 4.79 Å². The summed E-state index contributed by atoms with van der Waals surface area (Å²) in [7, 11) is 1.60. The van der Waals surface area contributed by atoms with Crippen LogP contribution in [0.2, 0.25) is 0 Å². The number of ether oxygens (including phenoxy) is 2. The van der Waals surface area contributed by atoms with Crippen LogP contribution in [0.25, 0.3) is 22.2 Å². The molecule has 0 saturated heterocycles. The first-order chi connectivity index (χ1) is 15.1. The number of benzene rings is 2. The number of hydrogen-bond acceptors (Lipinski definition) is 9. The topological polar surface area (TPSA) is 117 Å². The van der Waals surface area contributed by atoms with Crippen LogP contribution in [0.1, 0.15) is 6.42 Å². The van der Waals surface area contributed by atoms with Crippen molar-refractivity contribution in [3.63, 3.8) is 0 Å². The summed E-state index contributed by atoms with van der Waals surface area (Å²) in [6.07, 6.45) is 0.107. The van der Waals surface area contributed by atoms with Gasteiger partial charge in [-0.2, -0.15) is 0 Å². The number of nitrogens with zero attached hydrogens (tertiary/aromatic N) is 1. The van der Waals surface area contributed by atoms with Crippen molar-refractivity contribution >= 4 is 39.1 Å². The second-order valence-electron chi connectivity index (χ2n) is 6.52. The Bertz CT molecular complexity index is 1300. The highest BCUT2D eigenvalue weighted by molar-refractivity contribution is 7.14. The molecule has 0 aliphatic rings. The Hall–Kier alpha value is -3.69. The van der Waals surface area contributed by atoms with Gasteiger partial charge in [-0.15, -0.1) is 11.3 Å². The van der Waals surface area contributed by atoms with Crippen molar-refractivity contribution in [2.45, 2.75) is 6.42 Å². The van der Waals surface area contributed by atoms with Gasteiger partial charge in [-0.1, -0.05) is 12.1 Å². The molecule has 0 bridgehead atoms. The number of thiazole rings is 1. The number of methoxy groups -OCH3 is 1. The lowest BCUT2D eigenvalue weighted by Gasteiger charge is -2.08. The number of fused-ring (bicyclic) bond motifs is 1. The van der Waals surface area contributed by atoms with Crippen molar-refractivity contribution in [3.8, 4) is 22.8 Å². The van der Waals surface area contributed by atoms with Crippen LogP contribution in [-0.2, 0) is 4.79 Å². The van der Waals surface area contributed by atoms with Crippen LogP contribution in [0, 0.1) is 0 Å². The number of nitrogens with one attached hydrogen (secondary N) is 1. The molecule has 8 nitrogen and oxygen atoms in total. The van der Waals surface area contributed by atoms with Crippen LogP contribution >= 0.6 is 11.3 Å². The molecule has 0 fully saturated rings. The molecule has 0 radical (unpaired) electrons. The van der Waals surface area contributed by atoms with Gasteiger partial charge in [-0.25, -0.2) is 9.78 Å². The van der Waals surface area contributed by atoms with Gasteiger partial charge in [-0.05, 0) is 30.3 Å². The van der Waals surface area contributed by atoms with E-state index in [4.69, 9.17) is 19.6 Å². The molecule has 2 aromatic heterocycles. The Morgan fingerprint density at radius 1 is 1.23 bits per heavy atom. The summed E-state index contributed by atoms with van der Waals surface area (Å²) >= 11 is 1.36. The first kappa shape index (κ1) is 20.6. The third-order valence-corrected chi connectivity index (χ3v) is 5.17. The van der Waals surface area contributed by atoms with E-state index in [1.165, 1.54) is 17.4 Å². The molecule has 0 unspecified atom stereocenters. The molecule has 0 spiro atoms. The van der Waals surface area contributed by atoms with E-state index in [0.717, 1.165) is 5.69 Å². The van der Waals surface area contributed by atoms with E-state index in [1.54, 1.807) is 30.7 Å². The maximum atomic E-state index is 12.6. The normalized spacial score (nSPS) is 10.8. The zero-order valence-corrected chi connectivity index (χ0v) is 17.4. The largest absolute Gasteiger partial charge is 0.495 e. The molecule has 2 heterocycles. The minimum atomic E-state index is -0.535. The lowest BCUT2D eigenvalue weighted by atomic mass is 10.1. The average Bonchev–Trinajstić information content (AvgIpc) is 3.22.